The van der Waals surface area contributed by atoms with Crippen LogP contribution in [0.25, 0.3) is 0 Å². The molecule has 4 atom stereocenters. The molecule has 8 nitrogen and oxygen atoms in total. The third kappa shape index (κ3) is 3.68. The largest absolute Gasteiger partial charge is 0.354 e. The maximum absolute atomic E-state index is 12.3. The maximum Gasteiger partial charge on any atom is 0.233 e. The van der Waals surface area contributed by atoms with Crippen LogP contribution >= 0.6 is 0 Å². The van der Waals surface area contributed by atoms with Crippen LogP contribution in [0.3, 0.4) is 0 Å². The molecule has 146 valence electrons. The monoisotopic (exact) mass is 366 g/mol. The van der Waals surface area contributed by atoms with E-state index in [0.29, 0.717) is 0 Å². The van der Waals surface area contributed by atoms with Gasteiger partial charge in [-0.2, -0.15) is 0 Å². The Morgan fingerprint density at radius 2 is 1.12 bits per heavy atom. The Balaban J connectivity index is 1.80. The number of hydrogen-bond donors (Lipinski definition) is 4. The molecule has 2 aliphatic rings. The van der Waals surface area contributed by atoms with Crippen LogP contribution in [-0.4, -0.2) is 47.8 Å². The van der Waals surface area contributed by atoms with Gasteiger partial charge in [0, 0.05) is 24.2 Å². The van der Waals surface area contributed by atoms with E-state index in [1.807, 2.05) is 41.5 Å². The van der Waals surface area contributed by atoms with Crippen LogP contribution in [0, 0.1) is 23.7 Å². The molecule has 0 aromatic carbocycles. The molecule has 2 rings (SSSR count). The van der Waals surface area contributed by atoms with Gasteiger partial charge >= 0.3 is 0 Å². The highest BCUT2D eigenvalue weighted by Crippen LogP contribution is 2.32. The zero-order valence-corrected chi connectivity index (χ0v) is 16.4. The van der Waals surface area contributed by atoms with Crippen molar-refractivity contribution in [3.63, 3.8) is 0 Å². The summed E-state index contributed by atoms with van der Waals surface area (Å²) in [5, 5.41) is 11.0. The molecule has 0 aromatic rings. The van der Waals surface area contributed by atoms with Crippen molar-refractivity contribution in [1.82, 2.24) is 21.3 Å². The first-order chi connectivity index (χ1) is 11.9. The van der Waals surface area contributed by atoms with E-state index in [2.05, 4.69) is 21.3 Å². The van der Waals surface area contributed by atoms with Gasteiger partial charge in [0.25, 0.3) is 0 Å². The lowest BCUT2D eigenvalue weighted by Crippen LogP contribution is -2.43. The number of amides is 4. The molecule has 2 saturated heterocycles. The zero-order valence-electron chi connectivity index (χ0n) is 16.4. The Morgan fingerprint density at radius 3 is 1.35 bits per heavy atom. The number of nitrogens with one attached hydrogen (secondary N) is 4. The van der Waals surface area contributed by atoms with Gasteiger partial charge in [0.1, 0.15) is 11.8 Å². The predicted octanol–water partition coefficient (Wildman–Crippen LogP) is -0.460. The minimum Gasteiger partial charge on any atom is -0.354 e. The van der Waals surface area contributed by atoms with Crippen LogP contribution in [0.2, 0.25) is 0 Å². The number of carbonyl (C=O) groups is 4. The maximum atomic E-state index is 12.3. The summed E-state index contributed by atoms with van der Waals surface area (Å²) in [6.45, 7) is 11.7. The molecule has 0 spiro atoms. The van der Waals surface area contributed by atoms with E-state index < -0.39 is 22.9 Å². The molecule has 0 aromatic heterocycles. The summed E-state index contributed by atoms with van der Waals surface area (Å²) in [5.74, 6) is -2.97. The van der Waals surface area contributed by atoms with E-state index in [0.717, 1.165) is 0 Å². The minimum absolute atomic E-state index is 0.130. The van der Waals surface area contributed by atoms with Gasteiger partial charge in [-0.15, -0.1) is 0 Å². The van der Waals surface area contributed by atoms with E-state index in [-0.39, 0.29) is 48.6 Å². The third-order valence-electron chi connectivity index (χ3n) is 6.02. The van der Waals surface area contributed by atoms with Crippen LogP contribution in [0.1, 0.15) is 41.5 Å². The van der Waals surface area contributed by atoms with Crippen LogP contribution in [-0.2, 0) is 19.2 Å². The molecular weight excluding hydrogens is 336 g/mol. The van der Waals surface area contributed by atoms with Crippen molar-refractivity contribution in [3.05, 3.63) is 0 Å². The summed E-state index contributed by atoms with van der Waals surface area (Å²) in [6, 6.07) is 0. The van der Waals surface area contributed by atoms with Crippen molar-refractivity contribution < 1.29 is 19.2 Å². The molecule has 4 unspecified atom stereocenters. The molecule has 0 aliphatic carbocycles. The average Bonchev–Trinajstić information content (AvgIpc) is 2.83. The summed E-state index contributed by atoms with van der Waals surface area (Å²) in [4.78, 5) is 48.6. The molecule has 4 amide bonds. The molecule has 4 N–H and O–H groups in total. The molecule has 0 radical (unpaired) electrons. The first-order valence-electron chi connectivity index (χ1n) is 9.08. The summed E-state index contributed by atoms with van der Waals surface area (Å²) in [7, 11) is 0. The summed E-state index contributed by atoms with van der Waals surface area (Å²) < 4.78 is 0. The van der Waals surface area contributed by atoms with E-state index in [1.54, 1.807) is 0 Å². The van der Waals surface area contributed by atoms with Gasteiger partial charge < -0.3 is 21.3 Å². The van der Waals surface area contributed by atoms with Crippen molar-refractivity contribution in [2.75, 3.05) is 13.1 Å². The molecule has 8 heteroatoms. The SMILES string of the molecule is CC1C(C(=O)NCCNC(=O)C2C(=O)NC(C)(C)C2C)C(=O)NC1(C)C. The lowest BCUT2D eigenvalue weighted by molar-refractivity contribution is -0.136. The van der Waals surface area contributed by atoms with Crippen molar-refractivity contribution in [3.8, 4) is 0 Å². The number of carbonyl (C=O) groups excluding carboxylic acids is 4. The van der Waals surface area contributed by atoms with Crippen molar-refractivity contribution in [1.29, 1.82) is 0 Å². The lowest BCUT2D eigenvalue weighted by Gasteiger charge is -2.25. The summed E-state index contributed by atoms with van der Waals surface area (Å²) in [6.07, 6.45) is 0. The van der Waals surface area contributed by atoms with E-state index in [4.69, 9.17) is 0 Å². The highest BCUT2D eigenvalue weighted by molar-refractivity contribution is 6.03. The lowest BCUT2D eigenvalue weighted by atomic mass is 9.83. The van der Waals surface area contributed by atoms with Crippen molar-refractivity contribution in [2.24, 2.45) is 23.7 Å². The van der Waals surface area contributed by atoms with E-state index in [1.165, 1.54) is 0 Å². The second kappa shape index (κ2) is 6.89. The predicted molar refractivity (Wildman–Crippen MR) is 95.8 cm³/mol. The fraction of sp³-hybridized carbons (Fsp3) is 0.778. The highest BCUT2D eigenvalue weighted by atomic mass is 16.2. The van der Waals surface area contributed by atoms with Crippen molar-refractivity contribution in [2.45, 2.75) is 52.6 Å². The van der Waals surface area contributed by atoms with Gasteiger partial charge in [0.2, 0.25) is 23.6 Å². The Labute approximate surface area is 154 Å². The third-order valence-corrected chi connectivity index (χ3v) is 6.02. The second-order valence-corrected chi connectivity index (χ2v) is 8.54. The second-order valence-electron chi connectivity index (χ2n) is 8.54. The summed E-state index contributed by atoms with van der Waals surface area (Å²) >= 11 is 0. The topological polar surface area (TPSA) is 116 Å². The first kappa shape index (κ1) is 20.2. The van der Waals surface area contributed by atoms with Crippen LogP contribution < -0.4 is 21.3 Å². The Hall–Kier alpha value is -2.12. The zero-order chi connectivity index (χ0) is 19.9. The highest BCUT2D eigenvalue weighted by Gasteiger charge is 2.49. The quantitative estimate of drug-likeness (QED) is 0.389. The van der Waals surface area contributed by atoms with E-state index >= 15 is 0 Å². The molecule has 2 aliphatic heterocycles. The number of hydrogen-bond acceptors (Lipinski definition) is 4. The van der Waals surface area contributed by atoms with Gasteiger partial charge in [-0.05, 0) is 39.5 Å². The molecule has 26 heavy (non-hydrogen) atoms. The van der Waals surface area contributed by atoms with Crippen LogP contribution in [0.15, 0.2) is 0 Å². The van der Waals surface area contributed by atoms with Gasteiger partial charge in [-0.1, -0.05) is 13.8 Å². The molecule has 2 fully saturated rings. The average molecular weight is 366 g/mol. The standard InChI is InChI=1S/C18H30N4O4/c1-9-11(15(25)21-17(9,3)4)13(23)19-7-8-20-14(24)12-10(2)18(5,6)22-16(12)26/h9-12H,7-8H2,1-6H3,(H,19,23)(H,20,24)(H,21,25)(H,22,26). The van der Waals surface area contributed by atoms with Gasteiger partial charge in [0.15, 0.2) is 0 Å². The number of rotatable bonds is 5. The van der Waals surface area contributed by atoms with Crippen molar-refractivity contribution >= 4 is 23.6 Å². The first-order valence-corrected chi connectivity index (χ1v) is 9.08. The van der Waals surface area contributed by atoms with Gasteiger partial charge in [-0.25, -0.2) is 0 Å². The Bertz CT molecular complexity index is 575. The van der Waals surface area contributed by atoms with Gasteiger partial charge in [-0.3, -0.25) is 19.2 Å². The fourth-order valence-corrected chi connectivity index (χ4v) is 3.59. The molecule has 0 bridgehead atoms. The Kier molecular flexibility index (Phi) is 5.35. The Morgan fingerprint density at radius 1 is 0.808 bits per heavy atom. The molecular formula is C18H30N4O4. The van der Waals surface area contributed by atoms with Gasteiger partial charge in [0.05, 0.1) is 0 Å². The van der Waals surface area contributed by atoms with Crippen LogP contribution in [0.5, 0.6) is 0 Å². The van der Waals surface area contributed by atoms with E-state index in [9.17, 15) is 19.2 Å². The minimum atomic E-state index is -0.734. The smallest absolute Gasteiger partial charge is 0.233 e. The van der Waals surface area contributed by atoms with Crippen LogP contribution in [0.4, 0.5) is 0 Å². The summed E-state index contributed by atoms with van der Waals surface area (Å²) in [5.41, 5.74) is -0.849. The molecule has 2 heterocycles. The molecule has 0 saturated carbocycles. The fourth-order valence-electron chi connectivity index (χ4n) is 3.59. The normalized spacial score (nSPS) is 31.9.